The van der Waals surface area contributed by atoms with Gasteiger partial charge in [0.15, 0.2) is 6.23 Å². The molecule has 1 aliphatic rings. The maximum Gasteiger partial charge on any atom is 0.223 e. The molecule has 0 amide bonds. The minimum Gasteiger partial charge on any atom is -0.394 e. The quantitative estimate of drug-likeness (QED) is 0.547. The van der Waals surface area contributed by atoms with Crippen molar-refractivity contribution in [3.05, 3.63) is 29.3 Å². The summed E-state index contributed by atoms with van der Waals surface area (Å²) < 4.78 is 8.94. The molecule has 4 rings (SSSR count). The van der Waals surface area contributed by atoms with Crippen LogP contribution < -0.4 is 5.73 Å². The number of nitrogens with zero attached hydrogens (tertiary/aromatic N) is 6. The Morgan fingerprint density at radius 3 is 3.00 bits per heavy atom. The van der Waals surface area contributed by atoms with Crippen molar-refractivity contribution in [3.8, 4) is 0 Å². The molecule has 0 unspecified atom stereocenters. The molecule has 3 aromatic heterocycles. The second kappa shape index (κ2) is 6.23. The number of hydrogen-bond acceptors (Lipinski definition) is 8. The lowest BCUT2D eigenvalue weighted by atomic mass is 10.2. The summed E-state index contributed by atoms with van der Waals surface area (Å²) in [4.78, 5) is 8.14. The molecule has 11 heteroatoms. The van der Waals surface area contributed by atoms with E-state index in [-0.39, 0.29) is 12.6 Å². The Balaban J connectivity index is 1.56. The van der Waals surface area contributed by atoms with Gasteiger partial charge in [-0.15, -0.1) is 5.10 Å². The average molecular weight is 366 g/mol. The Labute approximate surface area is 146 Å². The van der Waals surface area contributed by atoms with Gasteiger partial charge in [-0.2, -0.15) is 4.98 Å². The Morgan fingerprint density at radius 1 is 1.40 bits per heavy atom. The summed E-state index contributed by atoms with van der Waals surface area (Å²) in [5.41, 5.74) is 6.95. The van der Waals surface area contributed by atoms with Gasteiger partial charge in [-0.05, 0) is 6.07 Å². The number of halogens is 1. The second-order valence-electron chi connectivity index (χ2n) is 5.86. The number of aromatic nitrogens is 6. The standard InChI is InChI=1S/C14H16ClN7O3/c15-12-8-1-2-21(13(8)18-14(16)17-12)4-7-5-22(20-19-7)11-3-9(24)10(6-23)25-11/h1-2,5,9-11,23-24H,3-4,6H2,(H2,16,17,18)/t9-,10+,11+/m0/s1. The predicted molar refractivity (Wildman–Crippen MR) is 87.7 cm³/mol. The van der Waals surface area contributed by atoms with Crippen molar-refractivity contribution in [2.24, 2.45) is 0 Å². The second-order valence-corrected chi connectivity index (χ2v) is 6.22. The van der Waals surface area contributed by atoms with E-state index in [1.807, 2.05) is 16.8 Å². The Morgan fingerprint density at radius 2 is 2.24 bits per heavy atom. The molecule has 132 valence electrons. The number of anilines is 1. The molecule has 1 aliphatic heterocycles. The van der Waals surface area contributed by atoms with Gasteiger partial charge >= 0.3 is 0 Å². The highest BCUT2D eigenvalue weighted by Gasteiger charge is 2.35. The van der Waals surface area contributed by atoms with E-state index in [4.69, 9.17) is 27.2 Å². The third-order valence-electron chi connectivity index (χ3n) is 4.16. The van der Waals surface area contributed by atoms with Gasteiger partial charge in [0.25, 0.3) is 0 Å². The minimum atomic E-state index is -0.724. The maximum absolute atomic E-state index is 9.82. The van der Waals surface area contributed by atoms with Gasteiger partial charge in [0.1, 0.15) is 22.6 Å². The van der Waals surface area contributed by atoms with E-state index in [0.717, 1.165) is 0 Å². The SMILES string of the molecule is Nc1nc(Cl)c2ccn(Cc3cn([C@H]4C[C@H](O)[C@@H](CO)O4)nn3)c2n1. The molecule has 4 N–H and O–H groups in total. The van der Waals surface area contributed by atoms with E-state index < -0.39 is 18.4 Å². The van der Waals surface area contributed by atoms with E-state index in [1.54, 1.807) is 6.20 Å². The molecular weight excluding hydrogens is 350 g/mol. The Bertz CT molecular complexity index is 911. The van der Waals surface area contributed by atoms with Gasteiger partial charge in [0, 0.05) is 12.6 Å². The molecule has 0 saturated carbocycles. The topological polar surface area (TPSA) is 137 Å². The number of hydrogen-bond donors (Lipinski definition) is 3. The summed E-state index contributed by atoms with van der Waals surface area (Å²) in [5, 5.41) is 28.1. The number of ether oxygens (including phenoxy) is 1. The largest absolute Gasteiger partial charge is 0.394 e. The molecule has 25 heavy (non-hydrogen) atoms. The first-order valence-corrected chi connectivity index (χ1v) is 8.06. The summed E-state index contributed by atoms with van der Waals surface area (Å²) in [7, 11) is 0. The van der Waals surface area contributed by atoms with Crippen molar-refractivity contribution in [2.75, 3.05) is 12.3 Å². The van der Waals surface area contributed by atoms with Gasteiger partial charge in [-0.25, -0.2) is 9.67 Å². The molecule has 4 heterocycles. The molecule has 3 aromatic rings. The zero-order valence-electron chi connectivity index (χ0n) is 13.0. The monoisotopic (exact) mass is 365 g/mol. The molecule has 0 aromatic carbocycles. The van der Waals surface area contributed by atoms with E-state index in [9.17, 15) is 5.11 Å². The van der Waals surface area contributed by atoms with Crippen LogP contribution in [0.25, 0.3) is 11.0 Å². The summed E-state index contributed by atoms with van der Waals surface area (Å²) in [6, 6.07) is 1.81. The van der Waals surface area contributed by atoms with E-state index in [1.165, 1.54) is 4.68 Å². The maximum atomic E-state index is 9.82. The van der Waals surface area contributed by atoms with Crippen LogP contribution in [0.4, 0.5) is 5.95 Å². The van der Waals surface area contributed by atoms with Crippen molar-refractivity contribution >= 4 is 28.6 Å². The first-order valence-electron chi connectivity index (χ1n) is 7.68. The van der Waals surface area contributed by atoms with Crippen LogP contribution in [-0.2, 0) is 11.3 Å². The summed E-state index contributed by atoms with van der Waals surface area (Å²) in [6.45, 7) is 0.172. The number of nitrogens with two attached hydrogens (primary N) is 1. The molecule has 0 aliphatic carbocycles. The third-order valence-corrected chi connectivity index (χ3v) is 4.45. The number of rotatable bonds is 4. The van der Waals surface area contributed by atoms with E-state index >= 15 is 0 Å². The smallest absolute Gasteiger partial charge is 0.223 e. The van der Waals surface area contributed by atoms with Gasteiger partial charge in [-0.1, -0.05) is 16.8 Å². The van der Waals surface area contributed by atoms with Crippen LogP contribution in [0.1, 0.15) is 18.3 Å². The number of aliphatic hydroxyl groups is 2. The fourth-order valence-electron chi connectivity index (χ4n) is 2.91. The highest BCUT2D eigenvalue weighted by Crippen LogP contribution is 2.28. The van der Waals surface area contributed by atoms with Crippen molar-refractivity contribution in [1.82, 2.24) is 29.5 Å². The van der Waals surface area contributed by atoms with Crippen molar-refractivity contribution < 1.29 is 14.9 Å². The zero-order valence-corrected chi connectivity index (χ0v) is 13.8. The molecule has 0 radical (unpaired) electrons. The van der Waals surface area contributed by atoms with Crippen LogP contribution in [0.15, 0.2) is 18.5 Å². The van der Waals surface area contributed by atoms with E-state index in [0.29, 0.717) is 34.8 Å². The first kappa shape index (κ1) is 16.2. The first-order chi connectivity index (χ1) is 12.0. The van der Waals surface area contributed by atoms with Crippen molar-refractivity contribution in [1.29, 1.82) is 0 Å². The molecule has 10 nitrogen and oxygen atoms in total. The van der Waals surface area contributed by atoms with Crippen LogP contribution >= 0.6 is 11.6 Å². The average Bonchev–Trinajstić information content (AvgIpc) is 3.27. The normalized spacial score (nSPS) is 23.6. The molecular formula is C14H16ClN7O3. The number of fused-ring (bicyclic) bond motifs is 1. The van der Waals surface area contributed by atoms with E-state index in [2.05, 4.69) is 20.3 Å². The van der Waals surface area contributed by atoms with Crippen LogP contribution in [0.5, 0.6) is 0 Å². The van der Waals surface area contributed by atoms with Crippen LogP contribution in [0.3, 0.4) is 0 Å². The van der Waals surface area contributed by atoms with Crippen molar-refractivity contribution in [2.45, 2.75) is 31.4 Å². The van der Waals surface area contributed by atoms with Crippen LogP contribution in [0, 0.1) is 0 Å². The fourth-order valence-corrected chi connectivity index (χ4v) is 3.15. The molecule has 1 saturated heterocycles. The zero-order chi connectivity index (χ0) is 17.6. The highest BCUT2D eigenvalue weighted by atomic mass is 35.5. The lowest BCUT2D eigenvalue weighted by Gasteiger charge is -2.11. The van der Waals surface area contributed by atoms with Gasteiger partial charge in [-0.3, -0.25) is 0 Å². The lowest BCUT2D eigenvalue weighted by Crippen LogP contribution is -2.24. The molecule has 0 spiro atoms. The summed E-state index contributed by atoms with van der Waals surface area (Å²) >= 11 is 6.07. The molecule has 3 atom stereocenters. The van der Waals surface area contributed by atoms with Gasteiger partial charge in [0.05, 0.1) is 30.8 Å². The predicted octanol–water partition coefficient (Wildman–Crippen LogP) is -0.0526. The molecule has 0 bridgehead atoms. The summed E-state index contributed by atoms with van der Waals surface area (Å²) in [6.07, 6.45) is 2.11. The number of aliphatic hydroxyl groups excluding tert-OH is 2. The Kier molecular flexibility index (Phi) is 4.04. The minimum absolute atomic E-state index is 0.101. The molecule has 1 fully saturated rings. The van der Waals surface area contributed by atoms with Crippen LogP contribution in [0.2, 0.25) is 5.15 Å². The Hall–Kier alpha value is -2.27. The van der Waals surface area contributed by atoms with Crippen LogP contribution in [-0.4, -0.2) is 58.6 Å². The van der Waals surface area contributed by atoms with Gasteiger partial charge < -0.3 is 25.3 Å². The fraction of sp³-hybridized carbons (Fsp3) is 0.429. The lowest BCUT2D eigenvalue weighted by molar-refractivity contribution is -0.0489. The van der Waals surface area contributed by atoms with Gasteiger partial charge in [0.2, 0.25) is 5.95 Å². The highest BCUT2D eigenvalue weighted by molar-refractivity contribution is 6.34. The number of nitrogen functional groups attached to an aromatic ring is 1. The third kappa shape index (κ3) is 2.93. The summed E-state index contributed by atoms with van der Waals surface area (Å²) in [5.74, 6) is 0.101. The van der Waals surface area contributed by atoms with Crippen molar-refractivity contribution in [3.63, 3.8) is 0 Å².